The minimum absolute atomic E-state index is 0.229. The SMILES string of the molecule is COCCN1CCC[C@H]1CC(=O)O. The summed E-state index contributed by atoms with van der Waals surface area (Å²) in [5.41, 5.74) is 0. The zero-order chi connectivity index (χ0) is 9.68. The number of carbonyl (C=O) groups is 1. The molecule has 13 heavy (non-hydrogen) atoms. The first-order chi connectivity index (χ1) is 6.24. The fraction of sp³-hybridized carbons (Fsp3) is 0.889. The monoisotopic (exact) mass is 187 g/mol. The summed E-state index contributed by atoms with van der Waals surface area (Å²) in [5, 5.41) is 8.66. The fourth-order valence-corrected chi connectivity index (χ4v) is 1.83. The van der Waals surface area contributed by atoms with Crippen molar-refractivity contribution in [3.63, 3.8) is 0 Å². The predicted molar refractivity (Wildman–Crippen MR) is 48.7 cm³/mol. The van der Waals surface area contributed by atoms with Gasteiger partial charge in [0.15, 0.2) is 0 Å². The molecule has 0 radical (unpaired) electrons. The second kappa shape index (κ2) is 5.19. The van der Waals surface area contributed by atoms with Crippen LogP contribution in [0.5, 0.6) is 0 Å². The Morgan fingerprint density at radius 2 is 2.46 bits per heavy atom. The molecule has 0 aromatic rings. The van der Waals surface area contributed by atoms with E-state index >= 15 is 0 Å². The van der Waals surface area contributed by atoms with Gasteiger partial charge in [0.1, 0.15) is 0 Å². The molecule has 0 saturated carbocycles. The first kappa shape index (κ1) is 10.5. The molecule has 1 atom stereocenters. The van der Waals surface area contributed by atoms with Gasteiger partial charge in [-0.25, -0.2) is 0 Å². The Hall–Kier alpha value is -0.610. The van der Waals surface area contributed by atoms with Crippen molar-refractivity contribution in [3.05, 3.63) is 0 Å². The predicted octanol–water partition coefficient (Wildman–Crippen LogP) is 0.572. The second-order valence-electron chi connectivity index (χ2n) is 3.42. The molecule has 1 aliphatic rings. The number of likely N-dealkylation sites (tertiary alicyclic amines) is 1. The number of rotatable bonds is 5. The number of nitrogens with zero attached hydrogens (tertiary/aromatic N) is 1. The van der Waals surface area contributed by atoms with Crippen LogP contribution in [0.4, 0.5) is 0 Å². The maximum Gasteiger partial charge on any atom is 0.304 e. The van der Waals surface area contributed by atoms with E-state index in [1.807, 2.05) is 0 Å². The Labute approximate surface area is 78.5 Å². The van der Waals surface area contributed by atoms with Crippen LogP contribution in [0, 0.1) is 0 Å². The highest BCUT2D eigenvalue weighted by Gasteiger charge is 2.25. The lowest BCUT2D eigenvalue weighted by Gasteiger charge is -2.22. The largest absolute Gasteiger partial charge is 0.481 e. The smallest absolute Gasteiger partial charge is 0.304 e. The molecule has 0 aromatic carbocycles. The molecule has 0 aliphatic carbocycles. The Balaban J connectivity index is 2.30. The molecule has 0 spiro atoms. The van der Waals surface area contributed by atoms with Crippen LogP contribution in [0.15, 0.2) is 0 Å². The van der Waals surface area contributed by atoms with Crippen LogP contribution in [0.1, 0.15) is 19.3 Å². The Morgan fingerprint density at radius 1 is 1.69 bits per heavy atom. The summed E-state index contributed by atoms with van der Waals surface area (Å²) < 4.78 is 4.97. The van der Waals surface area contributed by atoms with Crippen LogP contribution < -0.4 is 0 Å². The number of methoxy groups -OCH3 is 1. The molecule has 0 aromatic heterocycles. The van der Waals surface area contributed by atoms with Crippen molar-refractivity contribution < 1.29 is 14.6 Å². The van der Waals surface area contributed by atoms with E-state index in [1.54, 1.807) is 7.11 Å². The van der Waals surface area contributed by atoms with Crippen LogP contribution >= 0.6 is 0 Å². The van der Waals surface area contributed by atoms with Crippen LogP contribution in [-0.4, -0.2) is 48.8 Å². The lowest BCUT2D eigenvalue weighted by atomic mass is 10.1. The van der Waals surface area contributed by atoms with E-state index in [2.05, 4.69) is 4.90 Å². The number of hydrogen-bond acceptors (Lipinski definition) is 3. The van der Waals surface area contributed by atoms with Gasteiger partial charge in [0.2, 0.25) is 0 Å². The molecule has 0 unspecified atom stereocenters. The van der Waals surface area contributed by atoms with E-state index in [4.69, 9.17) is 9.84 Å². The van der Waals surface area contributed by atoms with Gasteiger partial charge in [0.05, 0.1) is 13.0 Å². The normalized spacial score (nSPS) is 23.6. The van der Waals surface area contributed by atoms with Gasteiger partial charge in [-0.3, -0.25) is 9.69 Å². The number of carboxylic acids is 1. The van der Waals surface area contributed by atoms with Gasteiger partial charge in [-0.1, -0.05) is 0 Å². The van der Waals surface area contributed by atoms with Crippen molar-refractivity contribution in [1.82, 2.24) is 4.90 Å². The highest BCUT2D eigenvalue weighted by Crippen LogP contribution is 2.19. The summed E-state index contributed by atoms with van der Waals surface area (Å²) >= 11 is 0. The van der Waals surface area contributed by atoms with Gasteiger partial charge < -0.3 is 9.84 Å². The average molecular weight is 187 g/mol. The maximum absolute atomic E-state index is 10.5. The molecule has 1 rings (SSSR count). The third kappa shape index (κ3) is 3.32. The van der Waals surface area contributed by atoms with Crippen LogP contribution in [-0.2, 0) is 9.53 Å². The van der Waals surface area contributed by atoms with Gasteiger partial charge in [-0.15, -0.1) is 0 Å². The molecule has 1 aliphatic heterocycles. The van der Waals surface area contributed by atoms with Crippen LogP contribution in [0.3, 0.4) is 0 Å². The third-order valence-electron chi connectivity index (χ3n) is 2.49. The van der Waals surface area contributed by atoms with Gasteiger partial charge in [0.25, 0.3) is 0 Å². The Morgan fingerprint density at radius 3 is 3.08 bits per heavy atom. The average Bonchev–Trinajstić information content (AvgIpc) is 2.48. The molecule has 0 amide bonds. The lowest BCUT2D eigenvalue weighted by molar-refractivity contribution is -0.138. The summed E-state index contributed by atoms with van der Waals surface area (Å²) in [6.07, 6.45) is 2.39. The molecule has 1 heterocycles. The number of ether oxygens (including phenoxy) is 1. The molecule has 0 bridgehead atoms. The molecule has 76 valence electrons. The Bertz CT molecular complexity index is 172. The summed E-state index contributed by atoms with van der Waals surface area (Å²) in [6, 6.07) is 0.229. The Kier molecular flexibility index (Phi) is 4.18. The van der Waals surface area contributed by atoms with Crippen molar-refractivity contribution in [1.29, 1.82) is 0 Å². The second-order valence-corrected chi connectivity index (χ2v) is 3.42. The van der Waals surface area contributed by atoms with Crippen LogP contribution in [0.25, 0.3) is 0 Å². The lowest BCUT2D eigenvalue weighted by Crippen LogP contribution is -2.33. The molecule has 4 nitrogen and oxygen atoms in total. The quantitative estimate of drug-likeness (QED) is 0.683. The molecular weight excluding hydrogens is 170 g/mol. The maximum atomic E-state index is 10.5. The number of hydrogen-bond donors (Lipinski definition) is 1. The van der Waals surface area contributed by atoms with Gasteiger partial charge >= 0.3 is 5.97 Å². The minimum atomic E-state index is -0.700. The van der Waals surface area contributed by atoms with Gasteiger partial charge in [-0.05, 0) is 19.4 Å². The number of carboxylic acid groups (broad SMARTS) is 1. The van der Waals surface area contributed by atoms with Crippen molar-refractivity contribution in [3.8, 4) is 0 Å². The molecule has 1 N–H and O–H groups in total. The highest BCUT2D eigenvalue weighted by molar-refractivity contribution is 5.67. The highest BCUT2D eigenvalue weighted by atomic mass is 16.5. The van der Waals surface area contributed by atoms with Crippen molar-refractivity contribution in [2.24, 2.45) is 0 Å². The molecule has 4 heteroatoms. The summed E-state index contributed by atoms with van der Waals surface area (Å²) in [7, 11) is 1.67. The van der Waals surface area contributed by atoms with Crippen molar-refractivity contribution in [2.45, 2.75) is 25.3 Å². The zero-order valence-corrected chi connectivity index (χ0v) is 8.03. The van der Waals surface area contributed by atoms with Crippen molar-refractivity contribution in [2.75, 3.05) is 26.8 Å². The first-order valence-corrected chi connectivity index (χ1v) is 4.69. The minimum Gasteiger partial charge on any atom is -0.481 e. The van der Waals surface area contributed by atoms with Gasteiger partial charge in [0, 0.05) is 19.7 Å². The van der Waals surface area contributed by atoms with E-state index in [9.17, 15) is 4.79 Å². The molecular formula is C9H17NO3. The van der Waals surface area contributed by atoms with E-state index in [-0.39, 0.29) is 12.5 Å². The summed E-state index contributed by atoms with van der Waals surface area (Å²) in [5.74, 6) is -0.700. The van der Waals surface area contributed by atoms with E-state index in [0.717, 1.165) is 25.9 Å². The standard InChI is InChI=1S/C9H17NO3/c1-13-6-5-10-4-2-3-8(10)7-9(11)12/h8H,2-7H2,1H3,(H,11,12)/t8-/m0/s1. The summed E-state index contributed by atoms with van der Waals surface area (Å²) in [6.45, 7) is 2.56. The van der Waals surface area contributed by atoms with Gasteiger partial charge in [-0.2, -0.15) is 0 Å². The van der Waals surface area contributed by atoms with E-state index < -0.39 is 5.97 Å². The molecule has 1 saturated heterocycles. The number of aliphatic carboxylic acids is 1. The summed E-state index contributed by atoms with van der Waals surface area (Å²) in [4.78, 5) is 12.7. The first-order valence-electron chi connectivity index (χ1n) is 4.69. The fourth-order valence-electron chi connectivity index (χ4n) is 1.83. The third-order valence-corrected chi connectivity index (χ3v) is 2.49. The zero-order valence-electron chi connectivity index (χ0n) is 8.03. The topological polar surface area (TPSA) is 49.8 Å². The molecule has 1 fully saturated rings. The van der Waals surface area contributed by atoms with Crippen LogP contribution in [0.2, 0.25) is 0 Å². The van der Waals surface area contributed by atoms with E-state index in [0.29, 0.717) is 6.61 Å². The van der Waals surface area contributed by atoms with Crippen molar-refractivity contribution >= 4 is 5.97 Å². The van der Waals surface area contributed by atoms with E-state index in [1.165, 1.54) is 0 Å².